The van der Waals surface area contributed by atoms with E-state index in [-0.39, 0.29) is 31.9 Å². The van der Waals surface area contributed by atoms with Crippen molar-refractivity contribution < 1.29 is 59.3 Å². The molecule has 0 saturated carbocycles. The van der Waals surface area contributed by atoms with Crippen LogP contribution in [0, 0.1) is 0 Å². The van der Waals surface area contributed by atoms with E-state index in [0.29, 0.717) is 13.2 Å². The molecule has 14 heteroatoms. The Morgan fingerprint density at radius 3 is 1.27 bits per heavy atom. The third kappa shape index (κ3) is 24.1. The van der Waals surface area contributed by atoms with Gasteiger partial charge in [-0.05, 0) is 20.8 Å². The van der Waals surface area contributed by atoms with E-state index < -0.39 is 56.2 Å². The molecule has 0 aliphatic carbocycles. The fourth-order valence-corrected chi connectivity index (χ4v) is 2.18. The number of carboxylic acids is 4. The summed E-state index contributed by atoms with van der Waals surface area (Å²) < 4.78 is 10.5. The van der Waals surface area contributed by atoms with Crippen LogP contribution in [-0.4, -0.2) is 142 Å². The van der Waals surface area contributed by atoms with Gasteiger partial charge in [0, 0.05) is 13.1 Å². The van der Waals surface area contributed by atoms with Gasteiger partial charge < -0.3 is 40.1 Å². The summed E-state index contributed by atoms with van der Waals surface area (Å²) in [6.07, 6.45) is -0.654. The average Bonchev–Trinajstić information content (AvgIpc) is 2.67. The number of aliphatic carboxylic acids is 4. The van der Waals surface area contributed by atoms with Gasteiger partial charge in [0.15, 0.2) is 0 Å². The maximum absolute atomic E-state index is 10.6. The molecule has 0 aliphatic rings. The Balaban J connectivity index is 0. The Bertz CT molecular complexity index is 519. The van der Waals surface area contributed by atoms with E-state index in [1.165, 1.54) is 0 Å². The van der Waals surface area contributed by atoms with Gasteiger partial charge in [-0.3, -0.25) is 29.0 Å². The molecular formula is C19H36N2O12. The lowest BCUT2D eigenvalue weighted by Gasteiger charge is -2.23. The van der Waals surface area contributed by atoms with Gasteiger partial charge in [0.1, 0.15) is 0 Å². The Kier molecular flexibility index (Phi) is 19.0. The lowest BCUT2D eigenvalue weighted by molar-refractivity contribution is -0.145. The SMILES string of the molecule is CC(O)COC(C)COC(C)CO.O=C(O)CN(CCN(CC(=O)O)CC(=O)O)CC(=O)O. The van der Waals surface area contributed by atoms with Crippen LogP contribution in [0.5, 0.6) is 0 Å². The number of rotatable bonds is 18. The summed E-state index contributed by atoms with van der Waals surface area (Å²) in [6, 6.07) is 0. The van der Waals surface area contributed by atoms with Crippen LogP contribution in [-0.2, 0) is 28.7 Å². The van der Waals surface area contributed by atoms with Crippen LogP contribution in [0.3, 0.4) is 0 Å². The molecule has 0 aromatic heterocycles. The molecule has 14 nitrogen and oxygen atoms in total. The molecule has 0 radical (unpaired) electrons. The lowest BCUT2D eigenvalue weighted by atomic mass is 10.4. The molecule has 0 amide bonds. The number of ether oxygens (including phenoxy) is 2. The Morgan fingerprint density at radius 2 is 1.00 bits per heavy atom. The second-order valence-corrected chi connectivity index (χ2v) is 7.32. The Morgan fingerprint density at radius 1 is 0.667 bits per heavy atom. The van der Waals surface area contributed by atoms with Gasteiger partial charge in [0.05, 0.1) is 64.3 Å². The van der Waals surface area contributed by atoms with Crippen molar-refractivity contribution in [1.29, 1.82) is 0 Å². The zero-order chi connectivity index (χ0) is 26.0. The van der Waals surface area contributed by atoms with Crippen LogP contribution < -0.4 is 0 Å². The predicted octanol–water partition coefficient (Wildman–Crippen LogP) is -1.90. The van der Waals surface area contributed by atoms with Crippen LogP contribution >= 0.6 is 0 Å². The minimum atomic E-state index is -1.23. The molecule has 0 rings (SSSR count). The van der Waals surface area contributed by atoms with Crippen LogP contribution in [0.4, 0.5) is 0 Å². The van der Waals surface area contributed by atoms with Crippen LogP contribution in [0.1, 0.15) is 20.8 Å². The van der Waals surface area contributed by atoms with Crippen LogP contribution in [0.25, 0.3) is 0 Å². The monoisotopic (exact) mass is 484 g/mol. The third-order valence-corrected chi connectivity index (χ3v) is 3.66. The fourth-order valence-electron chi connectivity index (χ4n) is 2.18. The number of carbonyl (C=O) groups is 4. The Labute approximate surface area is 191 Å². The molecule has 6 N–H and O–H groups in total. The first-order valence-electron chi connectivity index (χ1n) is 10.1. The van der Waals surface area contributed by atoms with E-state index >= 15 is 0 Å². The molecule has 0 saturated heterocycles. The van der Waals surface area contributed by atoms with Gasteiger partial charge in [-0.1, -0.05) is 0 Å². The minimum absolute atomic E-state index is 0.0170. The molecule has 0 fully saturated rings. The van der Waals surface area contributed by atoms with E-state index in [0.717, 1.165) is 9.80 Å². The summed E-state index contributed by atoms with van der Waals surface area (Å²) in [7, 11) is 0. The zero-order valence-corrected chi connectivity index (χ0v) is 19.1. The van der Waals surface area contributed by atoms with E-state index in [1.807, 2.05) is 6.92 Å². The average molecular weight is 484 g/mol. The van der Waals surface area contributed by atoms with E-state index in [9.17, 15) is 19.2 Å². The fraction of sp³-hybridized carbons (Fsp3) is 0.789. The van der Waals surface area contributed by atoms with Crippen LogP contribution in [0.2, 0.25) is 0 Å². The van der Waals surface area contributed by atoms with Crippen molar-refractivity contribution in [2.75, 3.05) is 59.1 Å². The molecule has 194 valence electrons. The molecule has 0 spiro atoms. The molecule has 33 heavy (non-hydrogen) atoms. The maximum Gasteiger partial charge on any atom is 0.317 e. The largest absolute Gasteiger partial charge is 0.480 e. The van der Waals surface area contributed by atoms with Crippen molar-refractivity contribution in [2.45, 2.75) is 39.1 Å². The zero-order valence-electron chi connectivity index (χ0n) is 19.1. The number of hydrogen-bond donors (Lipinski definition) is 6. The van der Waals surface area contributed by atoms with Gasteiger partial charge >= 0.3 is 23.9 Å². The topological polar surface area (TPSA) is 215 Å². The molecule has 0 heterocycles. The molecular weight excluding hydrogens is 448 g/mol. The lowest BCUT2D eigenvalue weighted by Crippen LogP contribution is -2.43. The summed E-state index contributed by atoms with van der Waals surface area (Å²) in [6.45, 7) is 3.85. The molecule has 0 bridgehead atoms. The highest BCUT2D eigenvalue weighted by molar-refractivity contribution is 5.73. The predicted molar refractivity (Wildman–Crippen MR) is 113 cm³/mol. The standard InChI is InChI=1S/C10H16N2O8.C9H20O4/c13-7(14)3-11(4-8(15)16)1-2-12(5-9(17)18)6-10(19)20;1-7(11)5-12-9(3)6-13-8(2)4-10/h1-6H2,(H,13,14)(H,15,16)(H,17,18)(H,19,20);7-11H,4-6H2,1-3H3. The molecule has 0 aliphatic heterocycles. The summed E-state index contributed by atoms with van der Waals surface area (Å²) in [4.78, 5) is 44.4. The Hall–Kier alpha value is -2.36. The van der Waals surface area contributed by atoms with Crippen molar-refractivity contribution in [3.8, 4) is 0 Å². The van der Waals surface area contributed by atoms with E-state index in [1.54, 1.807) is 13.8 Å². The second-order valence-electron chi connectivity index (χ2n) is 7.32. The first-order chi connectivity index (χ1) is 15.3. The van der Waals surface area contributed by atoms with Gasteiger partial charge in [0.25, 0.3) is 0 Å². The van der Waals surface area contributed by atoms with Crippen molar-refractivity contribution in [3.63, 3.8) is 0 Å². The molecule has 3 atom stereocenters. The molecule has 3 unspecified atom stereocenters. The van der Waals surface area contributed by atoms with E-state index in [4.69, 9.17) is 40.1 Å². The van der Waals surface area contributed by atoms with Crippen molar-refractivity contribution >= 4 is 23.9 Å². The van der Waals surface area contributed by atoms with E-state index in [2.05, 4.69) is 0 Å². The highest BCUT2D eigenvalue weighted by Crippen LogP contribution is 1.97. The van der Waals surface area contributed by atoms with Gasteiger partial charge in [-0.15, -0.1) is 0 Å². The summed E-state index contributed by atoms with van der Waals surface area (Å²) in [5.74, 6) is -4.91. The van der Waals surface area contributed by atoms with Gasteiger partial charge in [-0.2, -0.15) is 0 Å². The maximum atomic E-state index is 10.6. The second kappa shape index (κ2) is 19.1. The summed E-state index contributed by atoms with van der Waals surface area (Å²) in [5, 5.41) is 52.0. The molecule has 0 aromatic rings. The minimum Gasteiger partial charge on any atom is -0.480 e. The quantitative estimate of drug-likeness (QED) is 0.125. The normalized spacial score (nSPS) is 13.7. The van der Waals surface area contributed by atoms with Crippen LogP contribution in [0.15, 0.2) is 0 Å². The molecule has 0 aromatic carbocycles. The van der Waals surface area contributed by atoms with Gasteiger partial charge in [0.2, 0.25) is 0 Å². The summed E-state index contributed by atoms with van der Waals surface area (Å²) >= 11 is 0. The first-order valence-corrected chi connectivity index (χ1v) is 10.1. The third-order valence-electron chi connectivity index (χ3n) is 3.66. The van der Waals surface area contributed by atoms with Gasteiger partial charge in [-0.25, -0.2) is 0 Å². The number of carboxylic acid groups (broad SMARTS) is 4. The highest BCUT2D eigenvalue weighted by atomic mass is 16.5. The highest BCUT2D eigenvalue weighted by Gasteiger charge is 2.18. The first kappa shape index (κ1) is 32.8. The van der Waals surface area contributed by atoms with Crippen molar-refractivity contribution in [1.82, 2.24) is 9.80 Å². The smallest absolute Gasteiger partial charge is 0.317 e. The van der Waals surface area contributed by atoms with Crippen molar-refractivity contribution in [2.24, 2.45) is 0 Å². The number of nitrogens with zero attached hydrogens (tertiary/aromatic N) is 2. The summed E-state index contributed by atoms with van der Waals surface area (Å²) in [5.41, 5.74) is 0. The van der Waals surface area contributed by atoms with Crippen molar-refractivity contribution in [3.05, 3.63) is 0 Å². The number of aliphatic hydroxyl groups excluding tert-OH is 2. The number of hydrogen-bond acceptors (Lipinski definition) is 10. The number of aliphatic hydroxyl groups is 2.